The van der Waals surface area contributed by atoms with Crippen LogP contribution in [0.1, 0.15) is 22.7 Å². The minimum absolute atomic E-state index is 0.0841. The second-order valence-electron chi connectivity index (χ2n) is 5.14. The highest BCUT2D eigenvalue weighted by Gasteiger charge is 2.16. The van der Waals surface area contributed by atoms with E-state index in [1.807, 2.05) is 43.6 Å². The van der Waals surface area contributed by atoms with Gasteiger partial charge in [0.05, 0.1) is 11.6 Å². The van der Waals surface area contributed by atoms with Crippen LogP contribution in [0.5, 0.6) is 0 Å². The number of para-hydroxylation sites is 1. The number of pyridine rings is 1. The molecule has 21 heavy (non-hydrogen) atoms. The van der Waals surface area contributed by atoms with Crippen molar-refractivity contribution in [3.05, 3.63) is 76.4 Å². The average Bonchev–Trinajstić information content (AvgIpc) is 2.52. The van der Waals surface area contributed by atoms with Crippen LogP contribution >= 0.6 is 11.6 Å². The molecule has 1 N–H and O–H groups in total. The van der Waals surface area contributed by atoms with Crippen molar-refractivity contribution in [1.82, 2.24) is 10.3 Å². The minimum atomic E-state index is 0.0841. The van der Waals surface area contributed by atoms with E-state index < -0.39 is 0 Å². The molecule has 2 aromatic carbocycles. The van der Waals surface area contributed by atoms with Crippen LogP contribution < -0.4 is 5.32 Å². The number of rotatable bonds is 3. The predicted octanol–water partition coefficient (Wildman–Crippen LogP) is 4.51. The molecule has 1 atom stereocenters. The molecule has 0 spiro atoms. The Kier molecular flexibility index (Phi) is 3.91. The lowest BCUT2D eigenvalue weighted by molar-refractivity contribution is 0.686. The molecule has 2 nitrogen and oxygen atoms in total. The number of hydrogen-bond acceptors (Lipinski definition) is 2. The third-order valence-corrected chi connectivity index (χ3v) is 4.26. The molecule has 0 saturated carbocycles. The molecular formula is C18H17ClN2. The zero-order valence-electron chi connectivity index (χ0n) is 12.1. The molecule has 0 fully saturated rings. The van der Waals surface area contributed by atoms with Gasteiger partial charge in [0.2, 0.25) is 0 Å². The zero-order chi connectivity index (χ0) is 14.8. The quantitative estimate of drug-likeness (QED) is 0.769. The molecule has 0 aliphatic carbocycles. The van der Waals surface area contributed by atoms with Gasteiger partial charge in [-0.15, -0.1) is 0 Å². The van der Waals surface area contributed by atoms with Crippen molar-refractivity contribution in [2.45, 2.75) is 13.0 Å². The molecule has 1 unspecified atom stereocenters. The van der Waals surface area contributed by atoms with E-state index in [4.69, 9.17) is 11.6 Å². The van der Waals surface area contributed by atoms with Crippen molar-refractivity contribution in [3.8, 4) is 0 Å². The highest BCUT2D eigenvalue weighted by molar-refractivity contribution is 6.31. The summed E-state index contributed by atoms with van der Waals surface area (Å²) in [5, 5.41) is 5.31. The summed E-state index contributed by atoms with van der Waals surface area (Å²) < 4.78 is 0. The van der Waals surface area contributed by atoms with Crippen molar-refractivity contribution in [2.75, 3.05) is 7.05 Å². The molecule has 0 saturated heterocycles. The van der Waals surface area contributed by atoms with Gasteiger partial charge in [-0.3, -0.25) is 4.98 Å². The first-order valence-corrected chi connectivity index (χ1v) is 7.35. The van der Waals surface area contributed by atoms with Gasteiger partial charge in [-0.1, -0.05) is 41.9 Å². The largest absolute Gasteiger partial charge is 0.309 e. The lowest BCUT2D eigenvalue weighted by Gasteiger charge is -2.20. The number of nitrogens with one attached hydrogen (secondary N) is 1. The van der Waals surface area contributed by atoms with Crippen LogP contribution in [0.3, 0.4) is 0 Å². The number of fused-ring (bicyclic) bond motifs is 1. The SMILES string of the molecule is CNC(c1cnc2ccccc2c1)c1cccc(Cl)c1C. The van der Waals surface area contributed by atoms with Crippen molar-refractivity contribution < 1.29 is 0 Å². The molecule has 3 aromatic rings. The van der Waals surface area contributed by atoms with Gasteiger partial charge in [0.25, 0.3) is 0 Å². The van der Waals surface area contributed by atoms with Crippen molar-refractivity contribution in [2.24, 2.45) is 0 Å². The summed E-state index contributed by atoms with van der Waals surface area (Å²) in [6, 6.07) is 16.4. The van der Waals surface area contributed by atoms with E-state index in [1.165, 1.54) is 5.56 Å². The molecule has 1 aromatic heterocycles. The molecule has 106 valence electrons. The first-order valence-electron chi connectivity index (χ1n) is 6.97. The van der Waals surface area contributed by atoms with Crippen LogP contribution in [0.25, 0.3) is 10.9 Å². The van der Waals surface area contributed by atoms with E-state index in [0.717, 1.165) is 27.1 Å². The molecular weight excluding hydrogens is 280 g/mol. The van der Waals surface area contributed by atoms with E-state index in [2.05, 4.69) is 35.4 Å². The molecule has 1 heterocycles. The molecule has 0 amide bonds. The maximum absolute atomic E-state index is 6.25. The second kappa shape index (κ2) is 5.84. The maximum atomic E-state index is 6.25. The Morgan fingerprint density at radius 2 is 1.90 bits per heavy atom. The molecule has 0 aliphatic rings. The monoisotopic (exact) mass is 296 g/mol. The normalized spacial score (nSPS) is 12.5. The molecule has 0 radical (unpaired) electrons. The Morgan fingerprint density at radius 1 is 1.10 bits per heavy atom. The fraction of sp³-hybridized carbons (Fsp3) is 0.167. The Morgan fingerprint density at radius 3 is 2.71 bits per heavy atom. The van der Waals surface area contributed by atoms with E-state index in [0.29, 0.717) is 0 Å². The topological polar surface area (TPSA) is 24.9 Å². The minimum Gasteiger partial charge on any atom is -0.309 e. The first-order chi connectivity index (χ1) is 10.2. The van der Waals surface area contributed by atoms with Crippen LogP contribution in [0, 0.1) is 6.92 Å². The fourth-order valence-corrected chi connectivity index (χ4v) is 2.87. The highest BCUT2D eigenvalue weighted by atomic mass is 35.5. The number of benzene rings is 2. The summed E-state index contributed by atoms with van der Waals surface area (Å²) in [5.41, 5.74) is 4.44. The summed E-state index contributed by atoms with van der Waals surface area (Å²) >= 11 is 6.25. The molecule has 3 heteroatoms. The molecule has 0 bridgehead atoms. The van der Waals surface area contributed by atoms with Crippen LogP contribution in [0.15, 0.2) is 54.7 Å². The average molecular weight is 297 g/mol. The van der Waals surface area contributed by atoms with Crippen LogP contribution in [-0.2, 0) is 0 Å². The standard InChI is InChI=1S/C18H17ClN2/c1-12-15(7-5-8-16(12)19)18(20-2)14-10-13-6-3-4-9-17(13)21-11-14/h3-11,18,20H,1-2H3. The Labute approximate surface area is 129 Å². The zero-order valence-corrected chi connectivity index (χ0v) is 12.9. The van der Waals surface area contributed by atoms with Crippen LogP contribution in [-0.4, -0.2) is 12.0 Å². The van der Waals surface area contributed by atoms with E-state index in [1.54, 1.807) is 0 Å². The van der Waals surface area contributed by atoms with E-state index >= 15 is 0 Å². The number of aromatic nitrogens is 1. The fourth-order valence-electron chi connectivity index (χ4n) is 2.68. The van der Waals surface area contributed by atoms with Gasteiger partial charge in [-0.25, -0.2) is 0 Å². The summed E-state index contributed by atoms with van der Waals surface area (Å²) in [4.78, 5) is 4.55. The summed E-state index contributed by atoms with van der Waals surface area (Å²) in [7, 11) is 1.96. The summed E-state index contributed by atoms with van der Waals surface area (Å²) in [6.45, 7) is 2.05. The molecule has 0 aliphatic heterocycles. The van der Waals surface area contributed by atoms with Crippen LogP contribution in [0.4, 0.5) is 0 Å². The number of nitrogens with zero attached hydrogens (tertiary/aromatic N) is 1. The van der Waals surface area contributed by atoms with E-state index in [9.17, 15) is 0 Å². The Balaban J connectivity index is 2.11. The molecule has 3 rings (SSSR count). The third kappa shape index (κ3) is 2.65. The lowest BCUT2D eigenvalue weighted by atomic mass is 9.95. The third-order valence-electron chi connectivity index (χ3n) is 3.85. The van der Waals surface area contributed by atoms with E-state index in [-0.39, 0.29) is 6.04 Å². The van der Waals surface area contributed by atoms with Gasteiger partial charge in [-0.2, -0.15) is 0 Å². The Bertz CT molecular complexity index is 783. The first kappa shape index (κ1) is 14.1. The Hall–Kier alpha value is -1.90. The maximum Gasteiger partial charge on any atom is 0.0702 e. The van der Waals surface area contributed by atoms with Gasteiger partial charge in [0.15, 0.2) is 0 Å². The van der Waals surface area contributed by atoms with Crippen molar-refractivity contribution >= 4 is 22.5 Å². The van der Waals surface area contributed by atoms with Gasteiger partial charge >= 0.3 is 0 Å². The van der Waals surface area contributed by atoms with Crippen molar-refractivity contribution in [3.63, 3.8) is 0 Å². The van der Waals surface area contributed by atoms with Gasteiger partial charge in [-0.05, 0) is 48.9 Å². The van der Waals surface area contributed by atoms with Gasteiger partial charge in [0.1, 0.15) is 0 Å². The van der Waals surface area contributed by atoms with Crippen LogP contribution in [0.2, 0.25) is 5.02 Å². The van der Waals surface area contributed by atoms with Gasteiger partial charge < -0.3 is 5.32 Å². The smallest absolute Gasteiger partial charge is 0.0702 e. The highest BCUT2D eigenvalue weighted by Crippen LogP contribution is 2.29. The van der Waals surface area contributed by atoms with Crippen molar-refractivity contribution in [1.29, 1.82) is 0 Å². The lowest BCUT2D eigenvalue weighted by Crippen LogP contribution is -2.19. The number of halogens is 1. The predicted molar refractivity (Wildman–Crippen MR) is 88.8 cm³/mol. The second-order valence-corrected chi connectivity index (χ2v) is 5.54. The number of hydrogen-bond donors (Lipinski definition) is 1. The summed E-state index contributed by atoms with van der Waals surface area (Å²) in [5.74, 6) is 0. The summed E-state index contributed by atoms with van der Waals surface area (Å²) in [6.07, 6.45) is 1.93. The van der Waals surface area contributed by atoms with Gasteiger partial charge in [0, 0.05) is 16.6 Å².